The molecule has 0 aliphatic carbocycles. The van der Waals surface area contributed by atoms with E-state index in [1.807, 2.05) is 48.5 Å². The van der Waals surface area contributed by atoms with Crippen molar-refractivity contribution in [1.29, 1.82) is 0 Å². The molecule has 0 radical (unpaired) electrons. The zero-order chi connectivity index (χ0) is 18.6. The number of fused-ring (bicyclic) bond motifs is 1. The van der Waals surface area contributed by atoms with Crippen LogP contribution in [0.2, 0.25) is 0 Å². The molecule has 0 aliphatic heterocycles. The van der Waals surface area contributed by atoms with Crippen LogP contribution in [0.25, 0.3) is 28.2 Å². The number of benzene rings is 3. The van der Waals surface area contributed by atoms with Crippen LogP contribution in [0.15, 0.2) is 85.2 Å². The molecule has 130 valence electrons. The standard InChI is InChI=1S/C23H15FN2O/c24-20-15-18(8-9-19(20)17-4-2-1-3-5-17)23(27)11-7-16-6-10-21-22(14-16)26-13-12-25-21/h1-15H. The van der Waals surface area contributed by atoms with Crippen molar-refractivity contribution in [3.8, 4) is 11.1 Å². The maximum atomic E-state index is 14.4. The highest BCUT2D eigenvalue weighted by Crippen LogP contribution is 2.23. The molecular formula is C23H15FN2O. The third-order valence-electron chi connectivity index (χ3n) is 4.26. The number of rotatable bonds is 4. The van der Waals surface area contributed by atoms with E-state index in [1.165, 1.54) is 12.1 Å². The summed E-state index contributed by atoms with van der Waals surface area (Å²) in [6, 6.07) is 19.4. The van der Waals surface area contributed by atoms with Crippen molar-refractivity contribution in [3.05, 3.63) is 102 Å². The molecular weight excluding hydrogens is 339 g/mol. The van der Waals surface area contributed by atoms with Crippen LogP contribution in [0.4, 0.5) is 4.39 Å². The van der Waals surface area contributed by atoms with Gasteiger partial charge in [0.1, 0.15) is 5.82 Å². The molecule has 4 rings (SSSR count). The third-order valence-corrected chi connectivity index (χ3v) is 4.26. The highest BCUT2D eigenvalue weighted by Gasteiger charge is 2.09. The van der Waals surface area contributed by atoms with Gasteiger partial charge in [-0.25, -0.2) is 4.39 Å². The molecule has 3 nitrogen and oxygen atoms in total. The lowest BCUT2D eigenvalue weighted by Crippen LogP contribution is -1.96. The predicted molar refractivity (Wildman–Crippen MR) is 105 cm³/mol. The van der Waals surface area contributed by atoms with Crippen molar-refractivity contribution in [2.45, 2.75) is 0 Å². The van der Waals surface area contributed by atoms with Gasteiger partial charge >= 0.3 is 0 Å². The van der Waals surface area contributed by atoms with E-state index in [2.05, 4.69) is 9.97 Å². The molecule has 0 N–H and O–H groups in total. The van der Waals surface area contributed by atoms with Crippen LogP contribution >= 0.6 is 0 Å². The van der Waals surface area contributed by atoms with Gasteiger partial charge in [-0.2, -0.15) is 0 Å². The SMILES string of the molecule is O=C(C=Cc1ccc2nccnc2c1)c1ccc(-c2ccccc2)c(F)c1. The highest BCUT2D eigenvalue weighted by molar-refractivity contribution is 6.07. The Hall–Kier alpha value is -3.66. The summed E-state index contributed by atoms with van der Waals surface area (Å²) in [5, 5.41) is 0. The Bertz CT molecular complexity index is 1150. The number of halogens is 1. The van der Waals surface area contributed by atoms with Crippen molar-refractivity contribution in [1.82, 2.24) is 9.97 Å². The summed E-state index contributed by atoms with van der Waals surface area (Å²) in [4.78, 5) is 20.9. The molecule has 0 bridgehead atoms. The first-order valence-electron chi connectivity index (χ1n) is 8.49. The van der Waals surface area contributed by atoms with E-state index in [9.17, 15) is 9.18 Å². The third kappa shape index (κ3) is 3.65. The smallest absolute Gasteiger partial charge is 0.185 e. The van der Waals surface area contributed by atoms with Crippen molar-refractivity contribution < 1.29 is 9.18 Å². The Kier molecular flexibility index (Phi) is 4.54. The maximum absolute atomic E-state index is 14.4. The monoisotopic (exact) mass is 354 g/mol. The first-order valence-corrected chi connectivity index (χ1v) is 8.49. The van der Waals surface area contributed by atoms with Crippen LogP contribution in [0, 0.1) is 5.82 Å². The van der Waals surface area contributed by atoms with Crippen molar-refractivity contribution in [2.24, 2.45) is 0 Å². The summed E-state index contributed by atoms with van der Waals surface area (Å²) < 4.78 is 14.4. The molecule has 1 aromatic heterocycles. The van der Waals surface area contributed by atoms with E-state index in [-0.39, 0.29) is 5.78 Å². The highest BCUT2D eigenvalue weighted by atomic mass is 19.1. The quantitative estimate of drug-likeness (QED) is 0.367. The Morgan fingerprint density at radius 2 is 1.63 bits per heavy atom. The lowest BCUT2D eigenvalue weighted by atomic mass is 10.0. The van der Waals surface area contributed by atoms with Gasteiger partial charge in [0.2, 0.25) is 0 Å². The van der Waals surface area contributed by atoms with Crippen LogP contribution in [0.3, 0.4) is 0 Å². The van der Waals surface area contributed by atoms with Crippen molar-refractivity contribution in [3.63, 3.8) is 0 Å². The number of carbonyl (C=O) groups excluding carboxylic acids is 1. The summed E-state index contributed by atoms with van der Waals surface area (Å²) in [7, 11) is 0. The van der Waals surface area contributed by atoms with Gasteiger partial charge in [-0.1, -0.05) is 54.6 Å². The van der Waals surface area contributed by atoms with Crippen LogP contribution in [-0.2, 0) is 0 Å². The number of hydrogen-bond donors (Lipinski definition) is 0. The van der Waals surface area contributed by atoms with E-state index in [0.717, 1.165) is 22.2 Å². The lowest BCUT2D eigenvalue weighted by Gasteiger charge is -2.05. The number of nitrogens with zero attached hydrogens (tertiary/aromatic N) is 2. The van der Waals surface area contributed by atoms with Gasteiger partial charge in [-0.3, -0.25) is 14.8 Å². The van der Waals surface area contributed by atoms with E-state index < -0.39 is 5.82 Å². The minimum Gasteiger partial charge on any atom is -0.289 e. The fourth-order valence-corrected chi connectivity index (χ4v) is 2.87. The zero-order valence-electron chi connectivity index (χ0n) is 14.3. The number of aromatic nitrogens is 2. The molecule has 0 unspecified atom stereocenters. The zero-order valence-corrected chi connectivity index (χ0v) is 14.3. The van der Waals surface area contributed by atoms with Gasteiger partial charge in [0.05, 0.1) is 11.0 Å². The molecule has 0 atom stereocenters. The van der Waals surface area contributed by atoms with Crippen LogP contribution in [0.1, 0.15) is 15.9 Å². The summed E-state index contributed by atoms with van der Waals surface area (Å²) >= 11 is 0. The molecule has 1 heterocycles. The minimum absolute atomic E-state index is 0.257. The second-order valence-corrected chi connectivity index (χ2v) is 6.06. The summed E-state index contributed by atoms with van der Waals surface area (Å²) in [6.07, 6.45) is 6.39. The Morgan fingerprint density at radius 1 is 0.852 bits per heavy atom. The molecule has 0 saturated heterocycles. The summed E-state index contributed by atoms with van der Waals surface area (Å²) in [5.74, 6) is -0.672. The van der Waals surface area contributed by atoms with Gasteiger partial charge in [-0.05, 0) is 35.4 Å². The van der Waals surface area contributed by atoms with Crippen molar-refractivity contribution >= 4 is 22.9 Å². The molecule has 4 aromatic rings. The number of ketones is 1. The molecule has 0 aliphatic rings. The second-order valence-electron chi connectivity index (χ2n) is 6.06. The normalized spacial score (nSPS) is 11.1. The molecule has 4 heteroatoms. The second kappa shape index (κ2) is 7.30. The largest absolute Gasteiger partial charge is 0.289 e. The van der Waals surface area contributed by atoms with E-state index in [4.69, 9.17) is 0 Å². The molecule has 0 fully saturated rings. The Morgan fingerprint density at radius 3 is 2.41 bits per heavy atom. The molecule has 3 aromatic carbocycles. The van der Waals surface area contributed by atoms with Crippen molar-refractivity contribution in [2.75, 3.05) is 0 Å². The summed E-state index contributed by atoms with van der Waals surface area (Å²) in [6.45, 7) is 0. The molecule has 27 heavy (non-hydrogen) atoms. The fourth-order valence-electron chi connectivity index (χ4n) is 2.87. The molecule has 0 amide bonds. The number of carbonyl (C=O) groups is 1. The fraction of sp³-hybridized carbons (Fsp3) is 0. The average molecular weight is 354 g/mol. The van der Waals surface area contributed by atoms with Gasteiger partial charge in [0.25, 0.3) is 0 Å². The van der Waals surface area contributed by atoms with Gasteiger partial charge in [-0.15, -0.1) is 0 Å². The average Bonchev–Trinajstić information content (AvgIpc) is 2.72. The van der Waals surface area contributed by atoms with E-state index >= 15 is 0 Å². The minimum atomic E-state index is -0.415. The van der Waals surface area contributed by atoms with E-state index in [1.54, 1.807) is 30.6 Å². The first kappa shape index (κ1) is 16.8. The van der Waals surface area contributed by atoms with Gasteiger partial charge in [0.15, 0.2) is 5.78 Å². The molecule has 0 saturated carbocycles. The predicted octanol–water partition coefficient (Wildman–Crippen LogP) is 5.33. The first-order chi connectivity index (χ1) is 13.2. The van der Waals surface area contributed by atoms with Gasteiger partial charge < -0.3 is 0 Å². The van der Waals surface area contributed by atoms with Crippen LogP contribution in [-0.4, -0.2) is 15.8 Å². The number of hydrogen-bond acceptors (Lipinski definition) is 3. The topological polar surface area (TPSA) is 42.9 Å². The Labute approximate surface area is 155 Å². The summed E-state index contributed by atoms with van der Waals surface area (Å²) in [5.41, 5.74) is 3.94. The van der Waals surface area contributed by atoms with Crippen LogP contribution < -0.4 is 0 Å². The maximum Gasteiger partial charge on any atom is 0.185 e. The van der Waals surface area contributed by atoms with Crippen LogP contribution in [0.5, 0.6) is 0 Å². The Balaban J connectivity index is 1.57. The van der Waals surface area contributed by atoms with E-state index in [0.29, 0.717) is 11.1 Å². The molecule has 0 spiro atoms. The lowest BCUT2D eigenvalue weighted by molar-refractivity contribution is 0.104. The van der Waals surface area contributed by atoms with Gasteiger partial charge in [0, 0.05) is 23.5 Å². The number of allylic oxidation sites excluding steroid dienone is 1.